The van der Waals surface area contributed by atoms with Crippen molar-refractivity contribution in [3.8, 4) is 5.75 Å². The number of aryl methyl sites for hydroxylation is 1. The Morgan fingerprint density at radius 2 is 2.22 bits per heavy atom. The Labute approximate surface area is 104 Å². The minimum atomic E-state index is -0.360. The summed E-state index contributed by atoms with van der Waals surface area (Å²) < 4.78 is 1.45. The van der Waals surface area contributed by atoms with Gasteiger partial charge >= 0.3 is 0 Å². The topological polar surface area (TPSA) is 79.5 Å². The third kappa shape index (κ3) is 2.54. The molecule has 1 aromatic heterocycles. The summed E-state index contributed by atoms with van der Waals surface area (Å²) in [5.74, 6) is -0.252. The standard InChI is InChI=1S/C12H12N4O2/c1-16-10(6-7-14-16)12(18)15-13-8-9-4-2-3-5-11(9)17/h2-8,17H,1H3,(H,15,18)/b13-8+. The van der Waals surface area contributed by atoms with Gasteiger partial charge in [-0.2, -0.15) is 10.2 Å². The Kier molecular flexibility index (Phi) is 3.38. The van der Waals surface area contributed by atoms with Gasteiger partial charge in [-0.05, 0) is 18.2 Å². The fourth-order valence-corrected chi connectivity index (χ4v) is 1.41. The summed E-state index contributed by atoms with van der Waals surface area (Å²) in [5, 5.41) is 17.1. The first-order valence-electron chi connectivity index (χ1n) is 5.28. The van der Waals surface area contributed by atoms with Gasteiger partial charge < -0.3 is 5.11 Å². The number of nitrogens with one attached hydrogen (secondary N) is 1. The van der Waals surface area contributed by atoms with Crippen LogP contribution in [0.25, 0.3) is 0 Å². The van der Waals surface area contributed by atoms with Crippen LogP contribution in [-0.4, -0.2) is 27.0 Å². The van der Waals surface area contributed by atoms with Crippen LogP contribution >= 0.6 is 0 Å². The third-order valence-corrected chi connectivity index (χ3v) is 2.36. The molecule has 6 heteroatoms. The highest BCUT2D eigenvalue weighted by molar-refractivity contribution is 5.93. The van der Waals surface area contributed by atoms with Crippen LogP contribution in [0.3, 0.4) is 0 Å². The second kappa shape index (κ2) is 5.13. The number of rotatable bonds is 3. The number of hydrazone groups is 1. The highest BCUT2D eigenvalue weighted by Gasteiger charge is 2.07. The largest absolute Gasteiger partial charge is 0.507 e. The monoisotopic (exact) mass is 244 g/mol. The molecule has 0 fully saturated rings. The zero-order valence-electron chi connectivity index (χ0n) is 9.74. The molecule has 6 nitrogen and oxygen atoms in total. The Morgan fingerprint density at radius 1 is 1.44 bits per heavy atom. The molecule has 1 aromatic carbocycles. The predicted octanol–water partition coefficient (Wildman–Crippen LogP) is 0.890. The summed E-state index contributed by atoms with van der Waals surface area (Å²) >= 11 is 0. The minimum absolute atomic E-state index is 0.107. The molecule has 92 valence electrons. The fourth-order valence-electron chi connectivity index (χ4n) is 1.41. The van der Waals surface area contributed by atoms with Gasteiger partial charge in [0, 0.05) is 18.8 Å². The number of carbonyl (C=O) groups is 1. The van der Waals surface area contributed by atoms with Gasteiger partial charge in [0.15, 0.2) is 0 Å². The van der Waals surface area contributed by atoms with Crippen LogP contribution in [0.1, 0.15) is 16.1 Å². The second-order valence-electron chi connectivity index (χ2n) is 3.60. The van der Waals surface area contributed by atoms with Crippen LogP contribution in [0.4, 0.5) is 0 Å². The lowest BCUT2D eigenvalue weighted by Crippen LogP contribution is -2.20. The van der Waals surface area contributed by atoms with Gasteiger partial charge in [0.2, 0.25) is 0 Å². The molecule has 1 amide bonds. The summed E-state index contributed by atoms with van der Waals surface area (Å²) in [7, 11) is 1.67. The number of benzene rings is 1. The van der Waals surface area contributed by atoms with Crippen molar-refractivity contribution in [1.29, 1.82) is 0 Å². The van der Waals surface area contributed by atoms with Crippen molar-refractivity contribution in [2.24, 2.45) is 12.1 Å². The molecule has 0 bridgehead atoms. The van der Waals surface area contributed by atoms with Crippen LogP contribution in [0.15, 0.2) is 41.6 Å². The lowest BCUT2D eigenvalue weighted by Gasteiger charge is -2.00. The van der Waals surface area contributed by atoms with Crippen LogP contribution in [0.2, 0.25) is 0 Å². The Morgan fingerprint density at radius 3 is 2.89 bits per heavy atom. The fraction of sp³-hybridized carbons (Fsp3) is 0.0833. The normalized spacial score (nSPS) is 10.7. The Bertz CT molecular complexity index is 589. The van der Waals surface area contributed by atoms with Crippen molar-refractivity contribution in [1.82, 2.24) is 15.2 Å². The number of amides is 1. The maximum absolute atomic E-state index is 11.7. The number of phenols is 1. The van der Waals surface area contributed by atoms with E-state index in [4.69, 9.17) is 0 Å². The number of carbonyl (C=O) groups excluding carboxylic acids is 1. The van der Waals surface area contributed by atoms with Crippen molar-refractivity contribution in [2.45, 2.75) is 0 Å². The maximum atomic E-state index is 11.7. The SMILES string of the molecule is Cn1nccc1C(=O)N/N=C/c1ccccc1O. The number of aromatic hydroxyl groups is 1. The first kappa shape index (κ1) is 11.8. The van der Waals surface area contributed by atoms with Gasteiger partial charge in [-0.25, -0.2) is 5.43 Å². The van der Waals surface area contributed by atoms with Gasteiger partial charge in [-0.3, -0.25) is 9.48 Å². The third-order valence-electron chi connectivity index (χ3n) is 2.36. The van der Waals surface area contributed by atoms with E-state index >= 15 is 0 Å². The number of phenolic OH excluding ortho intramolecular Hbond substituents is 1. The van der Waals surface area contributed by atoms with E-state index in [9.17, 15) is 9.90 Å². The Hall–Kier alpha value is -2.63. The second-order valence-corrected chi connectivity index (χ2v) is 3.60. The smallest absolute Gasteiger partial charge is 0.289 e. The lowest BCUT2D eigenvalue weighted by atomic mass is 10.2. The van der Waals surface area contributed by atoms with Crippen molar-refractivity contribution in [2.75, 3.05) is 0 Å². The quantitative estimate of drug-likeness (QED) is 0.621. The average molecular weight is 244 g/mol. The molecule has 0 aliphatic carbocycles. The number of aromatic nitrogens is 2. The highest BCUT2D eigenvalue weighted by Crippen LogP contribution is 2.12. The molecule has 0 aliphatic heterocycles. The first-order valence-corrected chi connectivity index (χ1v) is 5.28. The molecule has 18 heavy (non-hydrogen) atoms. The van der Waals surface area contributed by atoms with E-state index in [2.05, 4.69) is 15.6 Å². The van der Waals surface area contributed by atoms with Crippen molar-refractivity contribution in [3.63, 3.8) is 0 Å². The molecule has 1 heterocycles. The van der Waals surface area contributed by atoms with Crippen LogP contribution in [0.5, 0.6) is 5.75 Å². The molecule has 2 rings (SSSR count). The number of nitrogens with zero attached hydrogens (tertiary/aromatic N) is 3. The van der Waals surface area contributed by atoms with E-state index in [1.165, 1.54) is 17.1 Å². The van der Waals surface area contributed by atoms with Crippen LogP contribution in [-0.2, 0) is 7.05 Å². The minimum Gasteiger partial charge on any atom is -0.507 e. The lowest BCUT2D eigenvalue weighted by molar-refractivity contribution is 0.0945. The summed E-state index contributed by atoms with van der Waals surface area (Å²) in [5.41, 5.74) is 3.30. The molecule has 0 atom stereocenters. The van der Waals surface area contributed by atoms with Crippen LogP contribution in [0, 0.1) is 0 Å². The van der Waals surface area contributed by atoms with E-state index in [1.807, 2.05) is 0 Å². The Balaban J connectivity index is 2.03. The van der Waals surface area contributed by atoms with Crippen molar-refractivity contribution < 1.29 is 9.90 Å². The molecule has 0 aliphatic rings. The van der Waals surface area contributed by atoms with Gasteiger partial charge in [0.1, 0.15) is 11.4 Å². The van der Waals surface area contributed by atoms with Crippen LogP contribution < -0.4 is 5.43 Å². The molecule has 2 aromatic rings. The summed E-state index contributed by atoms with van der Waals surface area (Å²) in [6.45, 7) is 0. The van der Waals surface area contributed by atoms with Crippen molar-refractivity contribution in [3.05, 3.63) is 47.8 Å². The number of hydrogen-bond acceptors (Lipinski definition) is 4. The molecule has 0 saturated heterocycles. The number of para-hydroxylation sites is 1. The zero-order chi connectivity index (χ0) is 13.0. The van der Waals surface area contributed by atoms with E-state index < -0.39 is 0 Å². The molecule has 0 radical (unpaired) electrons. The molecule has 2 N–H and O–H groups in total. The van der Waals surface area contributed by atoms with Gasteiger partial charge in [0.05, 0.1) is 6.21 Å². The molecular weight excluding hydrogens is 232 g/mol. The number of hydrogen-bond donors (Lipinski definition) is 2. The average Bonchev–Trinajstić information content (AvgIpc) is 2.78. The first-order chi connectivity index (χ1) is 8.68. The van der Waals surface area contributed by atoms with Gasteiger partial charge in [0.25, 0.3) is 5.91 Å². The van der Waals surface area contributed by atoms with Gasteiger partial charge in [-0.1, -0.05) is 12.1 Å². The molecule has 0 unspecified atom stereocenters. The van der Waals surface area contributed by atoms with E-state index in [1.54, 1.807) is 37.4 Å². The van der Waals surface area contributed by atoms with E-state index in [0.29, 0.717) is 11.3 Å². The molecule has 0 spiro atoms. The van der Waals surface area contributed by atoms with Crippen molar-refractivity contribution >= 4 is 12.1 Å². The molecule has 0 saturated carbocycles. The predicted molar refractivity (Wildman–Crippen MR) is 66.4 cm³/mol. The highest BCUT2D eigenvalue weighted by atomic mass is 16.3. The summed E-state index contributed by atoms with van der Waals surface area (Å²) in [6, 6.07) is 8.30. The summed E-state index contributed by atoms with van der Waals surface area (Å²) in [4.78, 5) is 11.7. The van der Waals surface area contributed by atoms with E-state index in [0.717, 1.165) is 0 Å². The molecular formula is C12H12N4O2. The zero-order valence-corrected chi connectivity index (χ0v) is 9.74. The van der Waals surface area contributed by atoms with Gasteiger partial charge in [-0.15, -0.1) is 0 Å². The summed E-state index contributed by atoms with van der Waals surface area (Å²) in [6.07, 6.45) is 2.91. The van der Waals surface area contributed by atoms with E-state index in [-0.39, 0.29) is 11.7 Å². The maximum Gasteiger partial charge on any atom is 0.289 e.